The second kappa shape index (κ2) is 9.83. The van der Waals surface area contributed by atoms with E-state index in [0.717, 1.165) is 0 Å². The summed E-state index contributed by atoms with van der Waals surface area (Å²) in [6.07, 6.45) is -1.13. The molecule has 0 heterocycles. The number of rotatable bonds is 10. The topological polar surface area (TPSA) is 139 Å². The Labute approximate surface area is 108 Å². The molecule has 0 saturated carbocycles. The van der Waals surface area contributed by atoms with Gasteiger partial charge in [0, 0.05) is 0 Å². The molecule has 0 aliphatic rings. The van der Waals surface area contributed by atoms with Gasteiger partial charge in [0.15, 0.2) is 0 Å². The van der Waals surface area contributed by atoms with Crippen LogP contribution < -0.4 is 5.48 Å². The zero-order valence-corrected chi connectivity index (χ0v) is 10.1. The monoisotopic (exact) mass is 277 g/mol. The highest BCUT2D eigenvalue weighted by Gasteiger charge is 2.08. The van der Waals surface area contributed by atoms with Crippen molar-refractivity contribution in [1.82, 2.24) is 5.48 Å². The third-order valence-electron chi connectivity index (χ3n) is 1.74. The Bertz CT molecular complexity index is 308. The molecule has 0 amide bonds. The molecule has 3 N–H and O–H groups in total. The number of ether oxygens (including phenoxy) is 1. The third kappa shape index (κ3) is 12.1. The van der Waals surface area contributed by atoms with Crippen LogP contribution in [0.3, 0.4) is 0 Å². The summed E-state index contributed by atoms with van der Waals surface area (Å²) in [5.74, 6) is -3.60. The van der Waals surface area contributed by atoms with E-state index in [1.165, 1.54) is 0 Å². The van der Waals surface area contributed by atoms with Crippen molar-refractivity contribution in [2.75, 3.05) is 13.2 Å². The molecule has 0 radical (unpaired) electrons. The summed E-state index contributed by atoms with van der Waals surface area (Å²) in [4.78, 5) is 46.6. The van der Waals surface area contributed by atoms with E-state index in [0.29, 0.717) is 0 Å². The van der Waals surface area contributed by atoms with Crippen LogP contribution in [0.4, 0.5) is 0 Å². The van der Waals surface area contributed by atoms with Crippen molar-refractivity contribution in [3.05, 3.63) is 0 Å². The Balaban J connectivity index is 3.44. The van der Waals surface area contributed by atoms with Gasteiger partial charge in [-0.05, 0) is 0 Å². The zero-order chi connectivity index (χ0) is 14.7. The van der Waals surface area contributed by atoms with Gasteiger partial charge in [-0.3, -0.25) is 19.2 Å². The molecule has 0 aromatic heterocycles. The maximum Gasteiger partial charge on any atom is 0.325 e. The van der Waals surface area contributed by atoms with E-state index >= 15 is 0 Å². The first-order valence-electron chi connectivity index (χ1n) is 5.43. The summed E-state index contributed by atoms with van der Waals surface area (Å²) in [7, 11) is 0. The SMILES string of the molecule is O=C(O)CCC(=O)OCCNOC(=O)CCC(=O)O. The van der Waals surface area contributed by atoms with E-state index in [1.807, 2.05) is 0 Å². The fourth-order valence-corrected chi connectivity index (χ4v) is 0.879. The first-order valence-corrected chi connectivity index (χ1v) is 5.43. The lowest BCUT2D eigenvalue weighted by molar-refractivity contribution is -0.155. The number of hydrogen-bond acceptors (Lipinski definition) is 7. The number of hydrogen-bond donors (Lipinski definition) is 3. The summed E-state index contributed by atoms with van der Waals surface area (Å²) in [6.45, 7) is -0.0672. The first kappa shape index (κ1) is 16.8. The highest BCUT2D eigenvalue weighted by Crippen LogP contribution is 1.93. The van der Waals surface area contributed by atoms with Gasteiger partial charge in [0.05, 0.1) is 32.2 Å². The fraction of sp³-hybridized carbons (Fsp3) is 0.600. The summed E-state index contributed by atoms with van der Waals surface area (Å²) in [5, 5.41) is 16.6. The predicted molar refractivity (Wildman–Crippen MR) is 58.8 cm³/mol. The molecule has 0 aromatic rings. The average Bonchev–Trinajstić information content (AvgIpc) is 2.33. The van der Waals surface area contributed by atoms with Crippen LogP contribution in [0.2, 0.25) is 0 Å². The minimum atomic E-state index is -1.11. The van der Waals surface area contributed by atoms with Crippen molar-refractivity contribution in [3.8, 4) is 0 Å². The van der Waals surface area contributed by atoms with Gasteiger partial charge in [-0.25, -0.2) is 0 Å². The van der Waals surface area contributed by atoms with Gasteiger partial charge in [-0.15, -0.1) is 5.48 Å². The van der Waals surface area contributed by atoms with E-state index in [4.69, 9.17) is 10.2 Å². The molecule has 0 bridgehead atoms. The van der Waals surface area contributed by atoms with Crippen LogP contribution >= 0.6 is 0 Å². The largest absolute Gasteiger partial charge is 0.481 e. The number of carbonyl (C=O) groups excluding carboxylic acids is 2. The van der Waals surface area contributed by atoms with Gasteiger partial charge >= 0.3 is 23.9 Å². The van der Waals surface area contributed by atoms with Crippen LogP contribution in [0.15, 0.2) is 0 Å². The predicted octanol–water partition coefficient (Wildman–Crippen LogP) is -0.693. The molecule has 108 valence electrons. The number of hydroxylamine groups is 1. The van der Waals surface area contributed by atoms with Gasteiger partial charge in [0.25, 0.3) is 0 Å². The van der Waals surface area contributed by atoms with Crippen LogP contribution in [0.25, 0.3) is 0 Å². The summed E-state index contributed by atoms with van der Waals surface area (Å²) in [6, 6.07) is 0. The van der Waals surface area contributed by atoms with E-state index in [9.17, 15) is 19.2 Å². The van der Waals surface area contributed by atoms with Crippen LogP contribution in [-0.4, -0.2) is 47.2 Å². The molecule has 19 heavy (non-hydrogen) atoms. The Hall–Kier alpha value is -2.16. The Morgan fingerprint density at radius 3 is 1.89 bits per heavy atom. The lowest BCUT2D eigenvalue weighted by Gasteiger charge is -2.06. The van der Waals surface area contributed by atoms with Gasteiger partial charge < -0.3 is 19.8 Å². The molecular formula is C10H15NO8. The van der Waals surface area contributed by atoms with Gasteiger partial charge in [-0.2, -0.15) is 0 Å². The second-order valence-corrected chi connectivity index (χ2v) is 3.38. The smallest absolute Gasteiger partial charge is 0.325 e. The highest BCUT2D eigenvalue weighted by molar-refractivity contribution is 5.77. The summed E-state index contributed by atoms with van der Waals surface area (Å²) >= 11 is 0. The lowest BCUT2D eigenvalue weighted by Crippen LogP contribution is -2.25. The van der Waals surface area contributed by atoms with Gasteiger partial charge in [0.2, 0.25) is 0 Å². The molecule has 0 aliphatic heterocycles. The maximum atomic E-state index is 10.9. The van der Waals surface area contributed by atoms with Crippen LogP contribution in [0, 0.1) is 0 Å². The maximum absolute atomic E-state index is 10.9. The van der Waals surface area contributed by atoms with Crippen molar-refractivity contribution < 1.29 is 39.0 Å². The quantitative estimate of drug-likeness (QED) is 0.269. The van der Waals surface area contributed by atoms with E-state index in [-0.39, 0.29) is 38.8 Å². The fourth-order valence-electron chi connectivity index (χ4n) is 0.879. The summed E-state index contributed by atoms with van der Waals surface area (Å²) in [5.41, 5.74) is 2.19. The molecule has 0 unspecified atom stereocenters. The minimum Gasteiger partial charge on any atom is -0.481 e. The van der Waals surface area contributed by atoms with Crippen molar-refractivity contribution in [3.63, 3.8) is 0 Å². The number of esters is 1. The molecule has 0 fully saturated rings. The highest BCUT2D eigenvalue weighted by atomic mass is 16.7. The second-order valence-electron chi connectivity index (χ2n) is 3.38. The molecule has 9 nitrogen and oxygen atoms in total. The summed E-state index contributed by atoms with van der Waals surface area (Å²) < 4.78 is 4.62. The molecule has 0 rings (SSSR count). The number of aliphatic carboxylic acids is 2. The number of carboxylic acids is 2. The third-order valence-corrected chi connectivity index (χ3v) is 1.74. The average molecular weight is 277 g/mol. The van der Waals surface area contributed by atoms with E-state index in [2.05, 4.69) is 15.1 Å². The van der Waals surface area contributed by atoms with Crippen molar-refractivity contribution >= 4 is 23.9 Å². The number of carboxylic acid groups (broad SMARTS) is 2. The molecular weight excluding hydrogens is 262 g/mol. The first-order chi connectivity index (χ1) is 8.91. The molecule has 0 saturated heterocycles. The van der Waals surface area contributed by atoms with Crippen LogP contribution in [-0.2, 0) is 28.8 Å². The standard InChI is InChI=1S/C10H15NO8/c12-7(13)1-3-9(16)18-6-5-11-19-10(17)4-2-8(14)15/h11H,1-6H2,(H,12,13)(H,14,15). The van der Waals surface area contributed by atoms with Crippen molar-refractivity contribution in [2.45, 2.75) is 25.7 Å². The van der Waals surface area contributed by atoms with Crippen molar-refractivity contribution in [2.24, 2.45) is 0 Å². The molecule has 0 atom stereocenters. The van der Waals surface area contributed by atoms with Gasteiger partial charge in [0.1, 0.15) is 6.61 Å². The molecule has 9 heteroatoms. The molecule has 0 aliphatic carbocycles. The Kier molecular flexibility index (Phi) is 8.71. The van der Waals surface area contributed by atoms with Crippen LogP contribution in [0.1, 0.15) is 25.7 Å². The molecule has 0 aromatic carbocycles. The number of nitrogens with one attached hydrogen (secondary N) is 1. The van der Waals surface area contributed by atoms with Crippen LogP contribution in [0.5, 0.6) is 0 Å². The van der Waals surface area contributed by atoms with Crippen molar-refractivity contribution in [1.29, 1.82) is 0 Å². The Morgan fingerprint density at radius 2 is 1.37 bits per heavy atom. The molecule has 0 spiro atoms. The zero-order valence-electron chi connectivity index (χ0n) is 10.1. The minimum absolute atomic E-state index is 0.0254. The Morgan fingerprint density at radius 1 is 0.842 bits per heavy atom. The number of carbonyl (C=O) groups is 4. The normalized spacial score (nSPS) is 9.68. The van der Waals surface area contributed by atoms with E-state index < -0.39 is 23.9 Å². The lowest BCUT2D eigenvalue weighted by atomic mass is 10.3. The van der Waals surface area contributed by atoms with E-state index in [1.54, 1.807) is 0 Å². The van der Waals surface area contributed by atoms with Gasteiger partial charge in [-0.1, -0.05) is 0 Å².